The van der Waals surface area contributed by atoms with E-state index in [2.05, 4.69) is 5.32 Å². The van der Waals surface area contributed by atoms with Crippen molar-refractivity contribution < 1.29 is 9.53 Å². The third kappa shape index (κ3) is 4.07. The number of benzene rings is 1. The van der Waals surface area contributed by atoms with Crippen molar-refractivity contribution in [1.82, 2.24) is 5.32 Å². The van der Waals surface area contributed by atoms with Crippen molar-refractivity contribution in [2.75, 3.05) is 6.54 Å². The number of hydrogen-bond donors (Lipinski definition) is 2. The van der Waals surface area contributed by atoms with Crippen LogP contribution in [0, 0.1) is 0 Å². The number of carbonyl (C=O) groups excluding carboxylic acids is 1. The van der Waals surface area contributed by atoms with Gasteiger partial charge in [-0.2, -0.15) is 0 Å². The van der Waals surface area contributed by atoms with E-state index in [4.69, 9.17) is 10.5 Å². The zero-order valence-electron chi connectivity index (χ0n) is 10.6. The topological polar surface area (TPSA) is 64.3 Å². The van der Waals surface area contributed by atoms with Crippen LogP contribution < -0.4 is 15.8 Å². The van der Waals surface area contributed by atoms with Gasteiger partial charge in [-0.1, -0.05) is 12.1 Å². The Kier molecular flexibility index (Phi) is 4.97. The number of amides is 1. The quantitative estimate of drug-likeness (QED) is 0.816. The van der Waals surface area contributed by atoms with Crippen molar-refractivity contribution in [3.05, 3.63) is 29.8 Å². The predicted octanol–water partition coefficient (Wildman–Crippen LogP) is 1.61. The van der Waals surface area contributed by atoms with Crippen LogP contribution in [0.1, 0.15) is 32.4 Å². The molecule has 0 aromatic heterocycles. The SMILES string of the molecule is CCNC(=O)C(C)Oc1ccc([C@H](C)N)cc1. The van der Waals surface area contributed by atoms with Crippen molar-refractivity contribution in [1.29, 1.82) is 0 Å². The van der Waals surface area contributed by atoms with Crippen molar-refractivity contribution in [2.24, 2.45) is 5.73 Å². The second kappa shape index (κ2) is 6.25. The molecule has 94 valence electrons. The summed E-state index contributed by atoms with van der Waals surface area (Å²) in [6.45, 7) is 6.13. The summed E-state index contributed by atoms with van der Waals surface area (Å²) in [6.07, 6.45) is -0.490. The van der Waals surface area contributed by atoms with Gasteiger partial charge in [-0.3, -0.25) is 4.79 Å². The first-order chi connectivity index (χ1) is 8.04. The molecule has 0 aliphatic carbocycles. The number of rotatable bonds is 5. The van der Waals surface area contributed by atoms with Gasteiger partial charge in [0.25, 0.3) is 5.91 Å². The largest absolute Gasteiger partial charge is 0.481 e. The first-order valence-corrected chi connectivity index (χ1v) is 5.84. The summed E-state index contributed by atoms with van der Waals surface area (Å²) in [4.78, 5) is 11.5. The van der Waals surface area contributed by atoms with Crippen LogP contribution in [0.4, 0.5) is 0 Å². The Balaban J connectivity index is 2.60. The Bertz CT molecular complexity index is 360. The Morgan fingerprint density at radius 3 is 2.41 bits per heavy atom. The normalized spacial score (nSPS) is 13.9. The molecular weight excluding hydrogens is 216 g/mol. The lowest BCUT2D eigenvalue weighted by molar-refractivity contribution is -0.127. The molecule has 1 aromatic rings. The molecule has 0 radical (unpaired) electrons. The first kappa shape index (κ1) is 13.5. The highest BCUT2D eigenvalue weighted by molar-refractivity contribution is 5.80. The van der Waals surface area contributed by atoms with Crippen molar-refractivity contribution >= 4 is 5.91 Å². The summed E-state index contributed by atoms with van der Waals surface area (Å²) in [5.41, 5.74) is 6.79. The fourth-order valence-corrected chi connectivity index (χ4v) is 1.43. The van der Waals surface area contributed by atoms with E-state index in [0.29, 0.717) is 12.3 Å². The standard InChI is InChI=1S/C13H20N2O2/c1-4-15-13(16)10(3)17-12-7-5-11(6-8-12)9(2)14/h5-10H,4,14H2,1-3H3,(H,15,16)/t9-,10?/m0/s1. The lowest BCUT2D eigenvalue weighted by Crippen LogP contribution is -2.36. The second-order valence-electron chi connectivity index (χ2n) is 4.01. The van der Waals surface area contributed by atoms with Gasteiger partial charge in [-0.05, 0) is 38.5 Å². The van der Waals surface area contributed by atoms with Gasteiger partial charge in [-0.25, -0.2) is 0 Å². The molecule has 17 heavy (non-hydrogen) atoms. The lowest BCUT2D eigenvalue weighted by Gasteiger charge is -2.14. The Morgan fingerprint density at radius 1 is 1.35 bits per heavy atom. The molecule has 1 rings (SSSR count). The highest BCUT2D eigenvalue weighted by Crippen LogP contribution is 2.17. The molecule has 0 spiro atoms. The summed E-state index contributed by atoms with van der Waals surface area (Å²) in [7, 11) is 0. The fraction of sp³-hybridized carbons (Fsp3) is 0.462. The second-order valence-corrected chi connectivity index (χ2v) is 4.01. The van der Waals surface area contributed by atoms with E-state index in [-0.39, 0.29) is 11.9 Å². The average Bonchev–Trinajstić information content (AvgIpc) is 2.30. The lowest BCUT2D eigenvalue weighted by atomic mass is 10.1. The highest BCUT2D eigenvalue weighted by atomic mass is 16.5. The predicted molar refractivity (Wildman–Crippen MR) is 67.8 cm³/mol. The number of nitrogens with one attached hydrogen (secondary N) is 1. The summed E-state index contributed by atoms with van der Waals surface area (Å²) in [6, 6.07) is 7.47. The van der Waals surface area contributed by atoms with Crippen LogP contribution in [0.5, 0.6) is 5.75 Å². The van der Waals surface area contributed by atoms with Crippen LogP contribution >= 0.6 is 0 Å². The molecule has 0 saturated carbocycles. The zero-order valence-corrected chi connectivity index (χ0v) is 10.6. The van der Waals surface area contributed by atoms with Crippen LogP contribution in [0.25, 0.3) is 0 Å². The van der Waals surface area contributed by atoms with E-state index in [1.54, 1.807) is 6.92 Å². The molecule has 0 saturated heterocycles. The molecule has 1 aromatic carbocycles. The van der Waals surface area contributed by atoms with Gasteiger partial charge in [0.05, 0.1) is 0 Å². The van der Waals surface area contributed by atoms with Crippen LogP contribution in [-0.2, 0) is 4.79 Å². The van der Waals surface area contributed by atoms with Crippen LogP contribution in [0.2, 0.25) is 0 Å². The minimum Gasteiger partial charge on any atom is -0.481 e. The van der Waals surface area contributed by atoms with E-state index in [9.17, 15) is 4.79 Å². The highest BCUT2D eigenvalue weighted by Gasteiger charge is 2.13. The minimum atomic E-state index is -0.490. The Labute approximate surface area is 102 Å². The molecule has 1 unspecified atom stereocenters. The number of likely N-dealkylation sites (N-methyl/N-ethyl adjacent to an activating group) is 1. The first-order valence-electron chi connectivity index (χ1n) is 5.84. The van der Waals surface area contributed by atoms with E-state index in [0.717, 1.165) is 5.56 Å². The third-order valence-electron chi connectivity index (χ3n) is 2.44. The van der Waals surface area contributed by atoms with E-state index in [1.807, 2.05) is 38.1 Å². The van der Waals surface area contributed by atoms with Gasteiger partial charge in [0.15, 0.2) is 6.10 Å². The molecule has 0 fully saturated rings. The van der Waals surface area contributed by atoms with Gasteiger partial charge in [0, 0.05) is 12.6 Å². The van der Waals surface area contributed by atoms with Crippen LogP contribution in [0.3, 0.4) is 0 Å². The molecule has 0 aliphatic rings. The van der Waals surface area contributed by atoms with Gasteiger partial charge < -0.3 is 15.8 Å². The molecule has 1 amide bonds. The maximum absolute atomic E-state index is 11.5. The van der Waals surface area contributed by atoms with Crippen molar-refractivity contribution in [3.63, 3.8) is 0 Å². The monoisotopic (exact) mass is 236 g/mol. The molecule has 4 nitrogen and oxygen atoms in total. The zero-order chi connectivity index (χ0) is 12.8. The molecule has 2 atom stereocenters. The number of hydrogen-bond acceptors (Lipinski definition) is 3. The summed E-state index contributed by atoms with van der Waals surface area (Å²) >= 11 is 0. The number of nitrogens with two attached hydrogens (primary N) is 1. The van der Waals surface area contributed by atoms with Gasteiger partial charge in [0.1, 0.15) is 5.75 Å². The van der Waals surface area contributed by atoms with Gasteiger partial charge >= 0.3 is 0 Å². The third-order valence-corrected chi connectivity index (χ3v) is 2.44. The minimum absolute atomic E-state index is 0.00450. The average molecular weight is 236 g/mol. The summed E-state index contributed by atoms with van der Waals surface area (Å²) < 4.78 is 5.51. The van der Waals surface area contributed by atoms with Crippen molar-refractivity contribution in [2.45, 2.75) is 32.9 Å². The Hall–Kier alpha value is -1.55. The molecular formula is C13H20N2O2. The van der Waals surface area contributed by atoms with Crippen LogP contribution in [-0.4, -0.2) is 18.6 Å². The summed E-state index contributed by atoms with van der Waals surface area (Å²) in [5, 5.41) is 2.71. The van der Waals surface area contributed by atoms with Gasteiger partial charge in [0.2, 0.25) is 0 Å². The fourth-order valence-electron chi connectivity index (χ4n) is 1.43. The van der Waals surface area contributed by atoms with Gasteiger partial charge in [-0.15, -0.1) is 0 Å². The molecule has 0 bridgehead atoms. The van der Waals surface area contributed by atoms with E-state index < -0.39 is 6.10 Å². The Morgan fingerprint density at radius 2 is 1.94 bits per heavy atom. The van der Waals surface area contributed by atoms with Crippen LogP contribution in [0.15, 0.2) is 24.3 Å². The smallest absolute Gasteiger partial charge is 0.260 e. The van der Waals surface area contributed by atoms with Crippen molar-refractivity contribution in [3.8, 4) is 5.75 Å². The van der Waals surface area contributed by atoms with E-state index in [1.165, 1.54) is 0 Å². The molecule has 3 N–H and O–H groups in total. The maximum Gasteiger partial charge on any atom is 0.260 e. The number of carbonyl (C=O) groups is 1. The maximum atomic E-state index is 11.5. The number of ether oxygens (including phenoxy) is 1. The molecule has 4 heteroatoms. The molecule has 0 aliphatic heterocycles. The molecule has 0 heterocycles. The summed E-state index contributed by atoms with van der Waals surface area (Å²) in [5.74, 6) is 0.567. The van der Waals surface area contributed by atoms with E-state index >= 15 is 0 Å².